The van der Waals surface area contributed by atoms with Gasteiger partial charge < -0.3 is 15.6 Å². The first-order valence-electron chi connectivity index (χ1n) is 4.49. The molecule has 0 saturated heterocycles. The number of rotatable bonds is 2. The highest BCUT2D eigenvalue weighted by molar-refractivity contribution is 5.95. The van der Waals surface area contributed by atoms with Crippen LogP contribution in [0.5, 0.6) is 5.75 Å². The minimum atomic E-state index is 0.0485. The monoisotopic (exact) mass is 192 g/mol. The lowest BCUT2D eigenvalue weighted by atomic mass is 10.2. The number of aromatic hydroxyl groups is 1. The summed E-state index contributed by atoms with van der Waals surface area (Å²) in [7, 11) is 0. The molecule has 0 spiro atoms. The van der Waals surface area contributed by atoms with E-state index in [1.54, 1.807) is 18.2 Å². The molecule has 1 heterocycles. The summed E-state index contributed by atoms with van der Waals surface area (Å²) in [4.78, 5) is 4.28. The van der Waals surface area contributed by atoms with E-state index in [1.165, 1.54) is 0 Å². The van der Waals surface area contributed by atoms with Crippen molar-refractivity contribution in [3.63, 3.8) is 0 Å². The van der Waals surface area contributed by atoms with E-state index in [9.17, 15) is 5.11 Å². The van der Waals surface area contributed by atoms with Gasteiger partial charge in [-0.2, -0.15) is 0 Å². The van der Waals surface area contributed by atoms with Crippen molar-refractivity contribution in [2.45, 2.75) is 6.04 Å². The SMILES string of the molecule is NCC1COC(c2cccc(O)c2)=N1. The molecule has 4 nitrogen and oxygen atoms in total. The number of nitrogens with two attached hydrogens (primary N) is 1. The number of nitrogens with zero attached hydrogens (tertiary/aromatic N) is 1. The number of hydrogen-bond donors (Lipinski definition) is 2. The summed E-state index contributed by atoms with van der Waals surface area (Å²) in [5.41, 5.74) is 6.26. The predicted molar refractivity (Wildman–Crippen MR) is 53.4 cm³/mol. The molecular formula is C10H12N2O2. The summed E-state index contributed by atoms with van der Waals surface area (Å²) in [6, 6.07) is 6.88. The van der Waals surface area contributed by atoms with E-state index in [4.69, 9.17) is 10.5 Å². The second kappa shape index (κ2) is 3.67. The van der Waals surface area contributed by atoms with Gasteiger partial charge >= 0.3 is 0 Å². The van der Waals surface area contributed by atoms with Gasteiger partial charge in [0.15, 0.2) is 0 Å². The molecule has 4 heteroatoms. The molecule has 74 valence electrons. The minimum absolute atomic E-state index is 0.0485. The molecule has 3 N–H and O–H groups in total. The van der Waals surface area contributed by atoms with Gasteiger partial charge in [-0.3, -0.25) is 0 Å². The second-order valence-electron chi connectivity index (χ2n) is 3.19. The van der Waals surface area contributed by atoms with Gasteiger partial charge in [0.25, 0.3) is 0 Å². The number of aliphatic imine (C=N–C) groups is 1. The van der Waals surface area contributed by atoms with Crippen LogP contribution in [0.2, 0.25) is 0 Å². The minimum Gasteiger partial charge on any atom is -0.508 e. The molecule has 14 heavy (non-hydrogen) atoms. The summed E-state index contributed by atoms with van der Waals surface area (Å²) in [5, 5.41) is 9.26. The van der Waals surface area contributed by atoms with Crippen molar-refractivity contribution in [1.82, 2.24) is 0 Å². The van der Waals surface area contributed by atoms with Crippen LogP contribution in [0.15, 0.2) is 29.3 Å². The number of benzene rings is 1. The Hall–Kier alpha value is -1.55. The predicted octanol–water partition coefficient (Wildman–Crippen LogP) is 0.496. The van der Waals surface area contributed by atoms with Gasteiger partial charge in [-0.05, 0) is 18.2 Å². The largest absolute Gasteiger partial charge is 0.508 e. The zero-order chi connectivity index (χ0) is 9.97. The zero-order valence-corrected chi connectivity index (χ0v) is 7.68. The first-order chi connectivity index (χ1) is 6.79. The fraction of sp³-hybridized carbons (Fsp3) is 0.300. The maximum absolute atomic E-state index is 9.26. The third-order valence-electron chi connectivity index (χ3n) is 2.08. The Balaban J connectivity index is 2.24. The number of phenols is 1. The third-order valence-corrected chi connectivity index (χ3v) is 2.08. The summed E-state index contributed by atoms with van der Waals surface area (Å²) < 4.78 is 5.36. The molecule has 0 saturated carbocycles. The first kappa shape index (κ1) is 9.02. The van der Waals surface area contributed by atoms with Crippen molar-refractivity contribution >= 4 is 5.90 Å². The quantitative estimate of drug-likeness (QED) is 0.716. The topological polar surface area (TPSA) is 67.8 Å². The van der Waals surface area contributed by atoms with Crippen LogP contribution in [0.25, 0.3) is 0 Å². The Morgan fingerprint density at radius 2 is 2.43 bits per heavy atom. The number of phenolic OH excluding ortho intramolecular Hbond substituents is 1. The maximum atomic E-state index is 9.26. The molecule has 1 aliphatic heterocycles. The highest BCUT2D eigenvalue weighted by atomic mass is 16.5. The van der Waals surface area contributed by atoms with Crippen LogP contribution in [0.1, 0.15) is 5.56 Å². The summed E-state index contributed by atoms with van der Waals surface area (Å²) in [6.45, 7) is 1.02. The number of hydrogen-bond acceptors (Lipinski definition) is 4. The van der Waals surface area contributed by atoms with Gasteiger partial charge in [-0.25, -0.2) is 4.99 Å². The molecule has 1 unspecified atom stereocenters. The fourth-order valence-corrected chi connectivity index (χ4v) is 1.33. The van der Waals surface area contributed by atoms with Crippen LogP contribution in [0.3, 0.4) is 0 Å². The lowest BCUT2D eigenvalue weighted by molar-refractivity contribution is 0.319. The normalized spacial score (nSPS) is 20.4. The smallest absolute Gasteiger partial charge is 0.216 e. The van der Waals surface area contributed by atoms with Crippen molar-refractivity contribution in [2.75, 3.05) is 13.2 Å². The van der Waals surface area contributed by atoms with E-state index in [0.717, 1.165) is 5.56 Å². The molecule has 1 aromatic carbocycles. The van der Waals surface area contributed by atoms with Gasteiger partial charge in [0, 0.05) is 12.1 Å². The Labute approximate surface area is 82.0 Å². The van der Waals surface area contributed by atoms with E-state index >= 15 is 0 Å². The molecule has 2 rings (SSSR count). The molecule has 1 aliphatic rings. The lowest BCUT2D eigenvalue weighted by Crippen LogP contribution is -2.18. The van der Waals surface area contributed by atoms with E-state index in [2.05, 4.69) is 4.99 Å². The van der Waals surface area contributed by atoms with Gasteiger partial charge in [-0.15, -0.1) is 0 Å². The molecule has 0 bridgehead atoms. The Bertz CT molecular complexity index is 363. The Kier molecular flexibility index (Phi) is 2.37. The first-order valence-corrected chi connectivity index (χ1v) is 4.49. The molecular weight excluding hydrogens is 180 g/mol. The van der Waals surface area contributed by atoms with Gasteiger partial charge in [0.05, 0.1) is 0 Å². The van der Waals surface area contributed by atoms with Crippen LogP contribution in [-0.2, 0) is 4.74 Å². The average Bonchev–Trinajstić information content (AvgIpc) is 2.66. The molecule has 0 fully saturated rings. The van der Waals surface area contributed by atoms with Crippen molar-refractivity contribution in [1.29, 1.82) is 0 Å². The standard InChI is InChI=1S/C10H12N2O2/c11-5-8-6-14-10(12-8)7-2-1-3-9(13)4-7/h1-4,8,13H,5-6,11H2. The van der Waals surface area contributed by atoms with Crippen LogP contribution in [0, 0.1) is 0 Å². The molecule has 0 aromatic heterocycles. The molecule has 0 amide bonds. The fourth-order valence-electron chi connectivity index (χ4n) is 1.33. The molecule has 1 aromatic rings. The molecule has 0 aliphatic carbocycles. The molecule has 0 radical (unpaired) electrons. The van der Waals surface area contributed by atoms with E-state index < -0.39 is 0 Å². The highest BCUT2D eigenvalue weighted by Crippen LogP contribution is 2.16. The summed E-state index contributed by atoms with van der Waals surface area (Å²) in [6.07, 6.45) is 0. The van der Waals surface area contributed by atoms with E-state index in [-0.39, 0.29) is 11.8 Å². The Morgan fingerprint density at radius 3 is 3.07 bits per heavy atom. The number of ether oxygens (including phenoxy) is 1. The molecule has 1 atom stereocenters. The van der Waals surface area contributed by atoms with Crippen LogP contribution >= 0.6 is 0 Å². The van der Waals surface area contributed by atoms with E-state index in [0.29, 0.717) is 19.0 Å². The van der Waals surface area contributed by atoms with Gasteiger partial charge in [0.2, 0.25) is 5.90 Å². The van der Waals surface area contributed by atoms with Gasteiger partial charge in [0.1, 0.15) is 18.4 Å². The van der Waals surface area contributed by atoms with Crippen molar-refractivity contribution in [3.8, 4) is 5.75 Å². The second-order valence-corrected chi connectivity index (χ2v) is 3.19. The maximum Gasteiger partial charge on any atom is 0.216 e. The van der Waals surface area contributed by atoms with Crippen molar-refractivity contribution < 1.29 is 9.84 Å². The average molecular weight is 192 g/mol. The van der Waals surface area contributed by atoms with Crippen LogP contribution < -0.4 is 5.73 Å². The highest BCUT2D eigenvalue weighted by Gasteiger charge is 2.18. The van der Waals surface area contributed by atoms with Crippen LogP contribution in [-0.4, -0.2) is 30.2 Å². The lowest BCUT2D eigenvalue weighted by Gasteiger charge is -2.00. The summed E-state index contributed by atoms with van der Waals surface area (Å²) >= 11 is 0. The zero-order valence-electron chi connectivity index (χ0n) is 7.68. The summed E-state index contributed by atoms with van der Waals surface area (Å²) in [5.74, 6) is 0.779. The Morgan fingerprint density at radius 1 is 1.57 bits per heavy atom. The van der Waals surface area contributed by atoms with Crippen molar-refractivity contribution in [2.24, 2.45) is 10.7 Å². The third kappa shape index (κ3) is 1.70. The van der Waals surface area contributed by atoms with Crippen LogP contribution in [0.4, 0.5) is 0 Å². The van der Waals surface area contributed by atoms with Crippen molar-refractivity contribution in [3.05, 3.63) is 29.8 Å². The van der Waals surface area contributed by atoms with Gasteiger partial charge in [-0.1, -0.05) is 6.07 Å². The van der Waals surface area contributed by atoms with E-state index in [1.807, 2.05) is 6.07 Å².